The molecule has 3 aromatic carbocycles. The molecule has 4 aromatic rings. The third kappa shape index (κ3) is 3.76. The fourth-order valence-corrected chi connectivity index (χ4v) is 7.76. The van der Waals surface area contributed by atoms with E-state index in [2.05, 4.69) is 0 Å². The van der Waals surface area contributed by atoms with E-state index in [0.717, 1.165) is 5.56 Å². The van der Waals surface area contributed by atoms with Crippen LogP contribution in [0.1, 0.15) is 12.5 Å². The van der Waals surface area contributed by atoms with Gasteiger partial charge in [0.15, 0.2) is 7.14 Å². The van der Waals surface area contributed by atoms with E-state index in [1.165, 1.54) is 10.5 Å². The van der Waals surface area contributed by atoms with Gasteiger partial charge in [0, 0.05) is 10.6 Å². The molecule has 0 spiro atoms. The smallest absolute Gasteiger partial charge is 0.308 e. The molecule has 1 unspecified atom stereocenters. The summed E-state index contributed by atoms with van der Waals surface area (Å²) in [6.07, 6.45) is 1.53. The summed E-state index contributed by atoms with van der Waals surface area (Å²) >= 11 is 0. The van der Waals surface area contributed by atoms with E-state index in [1.807, 2.05) is 67.6 Å². The van der Waals surface area contributed by atoms with Crippen LogP contribution in [0.15, 0.2) is 95.9 Å². The third-order valence-corrected chi connectivity index (χ3v) is 9.89. The van der Waals surface area contributed by atoms with Crippen molar-refractivity contribution in [2.75, 3.05) is 0 Å². The molecule has 0 aliphatic carbocycles. The molecule has 31 heavy (non-hydrogen) atoms. The minimum absolute atomic E-state index is 0.155. The third-order valence-electron chi connectivity index (χ3n) is 5.27. The van der Waals surface area contributed by atoms with Gasteiger partial charge in [-0.05, 0) is 30.5 Å². The number of rotatable bonds is 5. The van der Waals surface area contributed by atoms with Gasteiger partial charge in [-0.1, -0.05) is 78.4 Å². The molecule has 1 atom stereocenters. The average Bonchev–Trinajstić information content (AvgIpc) is 2.81. The summed E-state index contributed by atoms with van der Waals surface area (Å²) < 4.78 is 30.8. The van der Waals surface area contributed by atoms with Crippen LogP contribution < -0.4 is 21.5 Å². The van der Waals surface area contributed by atoms with Crippen molar-refractivity contribution in [1.82, 2.24) is 8.66 Å². The summed E-state index contributed by atoms with van der Waals surface area (Å²) in [6, 6.07) is 25.6. The second-order valence-electron chi connectivity index (χ2n) is 7.25. The molecule has 0 aliphatic rings. The fraction of sp³-hybridized carbons (Fsp3) is 0.125. The molecule has 4 rings (SSSR count). The first-order valence-electron chi connectivity index (χ1n) is 10.1. The molecule has 7 heteroatoms. The maximum atomic E-state index is 14.7. The molecule has 0 bridgehead atoms. The van der Waals surface area contributed by atoms with Crippen molar-refractivity contribution < 1.29 is 9.13 Å². The molecular weight excluding hydrogens is 426 g/mol. The van der Waals surface area contributed by atoms with E-state index < -0.39 is 20.4 Å². The van der Waals surface area contributed by atoms with Gasteiger partial charge in [0.2, 0.25) is 0 Å². The van der Waals surface area contributed by atoms with E-state index in [9.17, 15) is 13.9 Å². The maximum Gasteiger partial charge on any atom is 0.603 e. The molecule has 0 saturated heterocycles. The number of aromatic nitrogens is 2. The largest absolute Gasteiger partial charge is 0.603 e. The Hall–Kier alpha value is -3.00. The standard InChI is InChI=1S/C24H23N2O3P2/c1-3-25-24(27)23(18-26(30(25)28)20-16-14-19(2)15-17-20)31(29,21-10-6-4-7-11-21)22-12-8-5-9-13-22/h4-18H,3H2,1-2H3/q+1. The highest BCUT2D eigenvalue weighted by atomic mass is 31.2. The van der Waals surface area contributed by atoms with Gasteiger partial charge in [-0.3, -0.25) is 4.79 Å². The number of hydrogen-bond donors (Lipinski definition) is 0. The predicted octanol–water partition coefficient (Wildman–Crippen LogP) is 4.35. The van der Waals surface area contributed by atoms with Crippen LogP contribution in [0.25, 0.3) is 5.69 Å². The number of hydrogen-bond acceptors (Lipinski definition) is 3. The zero-order valence-electron chi connectivity index (χ0n) is 17.4. The Kier molecular flexibility index (Phi) is 5.91. The first-order valence-corrected chi connectivity index (χ1v) is 12.9. The second kappa shape index (κ2) is 8.63. The van der Waals surface area contributed by atoms with Crippen LogP contribution in [0.5, 0.6) is 0 Å². The Balaban J connectivity index is 2.10. The highest BCUT2D eigenvalue weighted by molar-refractivity contribution is 7.85. The quantitative estimate of drug-likeness (QED) is 0.426. The zero-order chi connectivity index (χ0) is 22.0. The van der Waals surface area contributed by atoms with Gasteiger partial charge in [-0.15, -0.1) is 8.66 Å². The van der Waals surface area contributed by atoms with Crippen molar-refractivity contribution >= 4 is 30.8 Å². The summed E-state index contributed by atoms with van der Waals surface area (Å²) in [5.74, 6) is 0. The van der Waals surface area contributed by atoms with Crippen LogP contribution in [-0.4, -0.2) is 8.66 Å². The minimum Gasteiger partial charge on any atom is -0.308 e. The molecule has 0 fully saturated rings. The summed E-state index contributed by atoms with van der Waals surface area (Å²) in [7, 11) is -5.69. The first kappa shape index (κ1) is 21.2. The van der Waals surface area contributed by atoms with E-state index >= 15 is 0 Å². The van der Waals surface area contributed by atoms with Gasteiger partial charge in [0.25, 0.3) is 0 Å². The van der Waals surface area contributed by atoms with Crippen LogP contribution in [0.2, 0.25) is 0 Å². The number of aryl methyl sites for hydroxylation is 1. The van der Waals surface area contributed by atoms with Gasteiger partial charge in [-0.25, -0.2) is 0 Å². The van der Waals surface area contributed by atoms with Crippen LogP contribution in [0, 0.1) is 6.92 Å². The highest BCUT2D eigenvalue weighted by Crippen LogP contribution is 2.41. The Morgan fingerprint density at radius 3 is 1.84 bits per heavy atom. The number of nitrogens with zero attached hydrogens (tertiary/aromatic N) is 2. The molecule has 0 amide bonds. The Morgan fingerprint density at radius 2 is 1.35 bits per heavy atom. The summed E-state index contributed by atoms with van der Waals surface area (Å²) in [5.41, 5.74) is 1.30. The molecule has 0 radical (unpaired) electrons. The molecule has 0 saturated carbocycles. The van der Waals surface area contributed by atoms with E-state index in [-0.39, 0.29) is 11.8 Å². The maximum absolute atomic E-state index is 14.7. The van der Waals surface area contributed by atoms with Crippen molar-refractivity contribution in [3.05, 3.63) is 107 Å². The van der Waals surface area contributed by atoms with Crippen molar-refractivity contribution in [2.24, 2.45) is 0 Å². The van der Waals surface area contributed by atoms with Crippen molar-refractivity contribution in [3.8, 4) is 5.69 Å². The summed E-state index contributed by atoms with van der Waals surface area (Å²) in [4.78, 5) is 13.5. The van der Waals surface area contributed by atoms with Crippen LogP contribution in [-0.2, 0) is 15.7 Å². The van der Waals surface area contributed by atoms with Gasteiger partial charge in [-0.2, -0.15) is 0 Å². The summed E-state index contributed by atoms with van der Waals surface area (Å²) in [6.45, 7) is 4.00. The normalized spacial score (nSPS) is 12.0. The van der Waals surface area contributed by atoms with Crippen molar-refractivity contribution in [1.29, 1.82) is 0 Å². The molecule has 0 aliphatic heterocycles. The van der Waals surface area contributed by atoms with Gasteiger partial charge < -0.3 is 4.57 Å². The van der Waals surface area contributed by atoms with Crippen molar-refractivity contribution in [3.63, 3.8) is 0 Å². The average molecular weight is 449 g/mol. The lowest BCUT2D eigenvalue weighted by Gasteiger charge is -2.19. The molecule has 5 nitrogen and oxygen atoms in total. The van der Waals surface area contributed by atoms with E-state index in [0.29, 0.717) is 16.3 Å². The molecule has 0 N–H and O–H groups in total. The molecule has 1 aromatic heterocycles. The van der Waals surface area contributed by atoms with Gasteiger partial charge in [0.1, 0.15) is 5.30 Å². The lowest BCUT2D eigenvalue weighted by molar-refractivity contribution is 0.576. The first-order chi connectivity index (χ1) is 15.0. The van der Waals surface area contributed by atoms with E-state index in [1.54, 1.807) is 35.5 Å². The molecular formula is C24H23N2O3P2+. The summed E-state index contributed by atoms with van der Waals surface area (Å²) in [5, 5.41) is 1.29. The van der Waals surface area contributed by atoms with Gasteiger partial charge >= 0.3 is 13.3 Å². The predicted molar refractivity (Wildman–Crippen MR) is 127 cm³/mol. The fourth-order valence-electron chi connectivity index (χ4n) is 3.60. The highest BCUT2D eigenvalue weighted by Gasteiger charge is 2.36. The van der Waals surface area contributed by atoms with Crippen LogP contribution in [0.3, 0.4) is 0 Å². The Morgan fingerprint density at radius 1 is 0.839 bits per heavy atom. The van der Waals surface area contributed by atoms with E-state index in [4.69, 9.17) is 0 Å². The van der Waals surface area contributed by atoms with Crippen LogP contribution >= 0.6 is 14.9 Å². The molecule has 156 valence electrons. The number of benzene rings is 3. The zero-order valence-corrected chi connectivity index (χ0v) is 19.2. The SMILES string of the molecule is CCn1c(=O)c(P(=O)(c2ccccc2)c2ccccc2)cn(-c2ccc(C)cc2)[p+]1=O. The minimum atomic E-state index is -3.50. The van der Waals surface area contributed by atoms with Gasteiger partial charge in [0.05, 0.1) is 18.4 Å². The van der Waals surface area contributed by atoms with Crippen LogP contribution in [0.4, 0.5) is 0 Å². The van der Waals surface area contributed by atoms with Crippen molar-refractivity contribution in [2.45, 2.75) is 20.4 Å². The Labute approximate surface area is 181 Å². The lowest BCUT2D eigenvalue weighted by Crippen LogP contribution is -2.39. The Bertz CT molecular complexity index is 1330. The monoisotopic (exact) mass is 449 g/mol. The second-order valence-corrected chi connectivity index (χ2v) is 11.4. The topological polar surface area (TPSA) is 61.1 Å². The molecule has 1 heterocycles. The lowest BCUT2D eigenvalue weighted by atomic mass is 10.2.